The first-order valence-electron chi connectivity index (χ1n) is 3.78. The Morgan fingerprint density at radius 2 is 2.42 bits per heavy atom. The number of ether oxygens (including phenoxy) is 1. The first-order chi connectivity index (χ1) is 5.75. The number of carbonyl (C=O) groups excluding carboxylic acids is 1. The minimum absolute atomic E-state index is 0.177. The van der Waals surface area contributed by atoms with Gasteiger partial charge in [-0.15, -0.1) is 0 Å². The third kappa shape index (κ3) is 1.57. The maximum absolute atomic E-state index is 11.3. The Balaban J connectivity index is 2.66. The van der Waals surface area contributed by atoms with Crippen LogP contribution in [-0.4, -0.2) is 32.8 Å². The second-order valence-corrected chi connectivity index (χ2v) is 2.81. The largest absolute Gasteiger partial charge is 0.468 e. The molecule has 12 heavy (non-hydrogen) atoms. The predicted octanol–water partition coefficient (Wildman–Crippen LogP) is -0.544. The highest BCUT2D eigenvalue weighted by atomic mass is 17.2. The quantitative estimate of drug-likeness (QED) is 0.450. The third-order valence-corrected chi connectivity index (χ3v) is 2.09. The first kappa shape index (κ1) is 9.44. The van der Waals surface area contributed by atoms with E-state index in [1.807, 2.05) is 0 Å². The number of methoxy groups -OCH3 is 1. The van der Waals surface area contributed by atoms with Crippen LogP contribution < -0.4 is 5.73 Å². The van der Waals surface area contributed by atoms with Crippen molar-refractivity contribution < 1.29 is 19.3 Å². The van der Waals surface area contributed by atoms with Gasteiger partial charge in [-0.1, -0.05) is 0 Å². The third-order valence-electron chi connectivity index (χ3n) is 2.09. The zero-order chi connectivity index (χ0) is 9.03. The molecule has 1 rings (SSSR count). The number of hydrogen-bond donors (Lipinski definition) is 1. The molecule has 0 bridgehead atoms. The van der Waals surface area contributed by atoms with E-state index in [1.165, 1.54) is 7.11 Å². The van der Waals surface area contributed by atoms with Gasteiger partial charge in [-0.05, 0) is 6.42 Å². The fourth-order valence-corrected chi connectivity index (χ4v) is 1.14. The molecule has 2 N–H and O–H groups in total. The summed E-state index contributed by atoms with van der Waals surface area (Å²) in [6.45, 7) is 0.783. The maximum Gasteiger partial charge on any atom is 0.315 e. The topological polar surface area (TPSA) is 70.8 Å². The van der Waals surface area contributed by atoms with Crippen molar-refractivity contribution >= 4 is 5.97 Å². The predicted molar refractivity (Wildman–Crippen MR) is 40.0 cm³/mol. The Kier molecular flexibility index (Phi) is 3.02. The highest BCUT2D eigenvalue weighted by Gasteiger charge is 2.41. The Hall–Kier alpha value is -0.650. The van der Waals surface area contributed by atoms with Crippen molar-refractivity contribution in [2.45, 2.75) is 6.42 Å². The molecule has 1 saturated heterocycles. The number of carbonyl (C=O) groups is 1. The van der Waals surface area contributed by atoms with Crippen LogP contribution in [0.1, 0.15) is 6.42 Å². The van der Waals surface area contributed by atoms with Crippen LogP contribution in [0.4, 0.5) is 0 Å². The lowest BCUT2D eigenvalue weighted by atomic mass is 9.85. The van der Waals surface area contributed by atoms with E-state index in [1.54, 1.807) is 0 Å². The van der Waals surface area contributed by atoms with E-state index in [0.717, 1.165) is 0 Å². The highest BCUT2D eigenvalue weighted by Crippen LogP contribution is 2.26. The second-order valence-electron chi connectivity index (χ2n) is 2.81. The van der Waals surface area contributed by atoms with Gasteiger partial charge in [0.1, 0.15) is 5.41 Å². The van der Waals surface area contributed by atoms with Crippen LogP contribution in [0, 0.1) is 5.41 Å². The Morgan fingerprint density at radius 3 is 2.83 bits per heavy atom. The monoisotopic (exact) mass is 175 g/mol. The molecular weight excluding hydrogens is 162 g/mol. The lowest BCUT2D eigenvalue weighted by Gasteiger charge is -2.31. The smallest absolute Gasteiger partial charge is 0.315 e. The van der Waals surface area contributed by atoms with Crippen LogP contribution in [0.2, 0.25) is 0 Å². The Bertz CT molecular complexity index is 165. The molecule has 0 saturated carbocycles. The summed E-state index contributed by atoms with van der Waals surface area (Å²) < 4.78 is 4.63. The number of esters is 1. The van der Waals surface area contributed by atoms with E-state index >= 15 is 0 Å². The molecule has 0 radical (unpaired) electrons. The van der Waals surface area contributed by atoms with Gasteiger partial charge >= 0.3 is 5.97 Å². The average Bonchev–Trinajstić information content (AvgIpc) is 2.17. The molecule has 1 fully saturated rings. The second kappa shape index (κ2) is 3.84. The standard InChI is InChI=1S/C7H13NO4/c1-10-6(9)7(4-8)2-3-11-12-5-7/h2-5,8H2,1H3. The van der Waals surface area contributed by atoms with Gasteiger partial charge in [0.25, 0.3) is 0 Å². The molecule has 5 nitrogen and oxygen atoms in total. The van der Waals surface area contributed by atoms with Crippen molar-refractivity contribution in [3.63, 3.8) is 0 Å². The zero-order valence-corrected chi connectivity index (χ0v) is 7.04. The molecule has 1 unspecified atom stereocenters. The molecular formula is C7H13NO4. The molecule has 0 aromatic heterocycles. The van der Waals surface area contributed by atoms with Crippen LogP contribution in [0.3, 0.4) is 0 Å². The number of rotatable bonds is 2. The molecule has 0 amide bonds. The minimum atomic E-state index is -0.701. The lowest BCUT2D eigenvalue weighted by molar-refractivity contribution is -0.335. The summed E-state index contributed by atoms with van der Waals surface area (Å²) in [7, 11) is 1.34. The van der Waals surface area contributed by atoms with Crippen LogP contribution in [0.25, 0.3) is 0 Å². The lowest BCUT2D eigenvalue weighted by Crippen LogP contribution is -2.46. The summed E-state index contributed by atoms with van der Waals surface area (Å²) in [5.41, 5.74) is 4.78. The van der Waals surface area contributed by atoms with Crippen LogP contribution >= 0.6 is 0 Å². The van der Waals surface area contributed by atoms with Gasteiger partial charge in [-0.2, -0.15) is 0 Å². The molecule has 0 spiro atoms. The molecule has 0 aromatic rings. The van der Waals surface area contributed by atoms with E-state index in [2.05, 4.69) is 9.62 Å². The Labute approximate surface area is 70.7 Å². The normalized spacial score (nSPS) is 29.8. The SMILES string of the molecule is COC(=O)C1(CN)CCOOC1. The van der Waals surface area contributed by atoms with Gasteiger partial charge in [0.05, 0.1) is 20.3 Å². The summed E-state index contributed by atoms with van der Waals surface area (Å²) in [6, 6.07) is 0. The molecule has 5 heteroatoms. The summed E-state index contributed by atoms with van der Waals surface area (Å²) in [5.74, 6) is -0.326. The minimum Gasteiger partial charge on any atom is -0.468 e. The summed E-state index contributed by atoms with van der Waals surface area (Å²) in [6.07, 6.45) is 0.552. The van der Waals surface area contributed by atoms with Crippen LogP contribution in [0.15, 0.2) is 0 Å². The van der Waals surface area contributed by atoms with E-state index in [-0.39, 0.29) is 19.1 Å². The highest BCUT2D eigenvalue weighted by molar-refractivity contribution is 5.77. The van der Waals surface area contributed by atoms with Crippen molar-refractivity contribution in [2.24, 2.45) is 11.1 Å². The number of hydrogen-bond acceptors (Lipinski definition) is 5. The molecule has 1 aliphatic rings. The fourth-order valence-electron chi connectivity index (χ4n) is 1.14. The molecule has 1 aliphatic heterocycles. The van der Waals surface area contributed by atoms with Crippen molar-refractivity contribution in [1.82, 2.24) is 0 Å². The summed E-state index contributed by atoms with van der Waals surface area (Å²) in [5, 5.41) is 0. The van der Waals surface area contributed by atoms with Gasteiger partial charge < -0.3 is 10.5 Å². The van der Waals surface area contributed by atoms with Crippen molar-refractivity contribution in [2.75, 3.05) is 26.9 Å². The molecule has 0 aromatic carbocycles. The van der Waals surface area contributed by atoms with Gasteiger partial charge in [-0.25, -0.2) is 9.78 Å². The van der Waals surface area contributed by atoms with Gasteiger partial charge in [0.2, 0.25) is 0 Å². The molecule has 0 aliphatic carbocycles. The molecule has 70 valence electrons. The average molecular weight is 175 g/mol. The maximum atomic E-state index is 11.3. The van der Waals surface area contributed by atoms with Crippen molar-refractivity contribution in [3.05, 3.63) is 0 Å². The van der Waals surface area contributed by atoms with Crippen LogP contribution in [-0.2, 0) is 19.3 Å². The summed E-state index contributed by atoms with van der Waals surface area (Å²) in [4.78, 5) is 20.7. The van der Waals surface area contributed by atoms with Gasteiger partial charge in [-0.3, -0.25) is 4.79 Å². The zero-order valence-electron chi connectivity index (χ0n) is 7.04. The van der Waals surface area contributed by atoms with E-state index in [0.29, 0.717) is 13.0 Å². The molecule has 1 heterocycles. The van der Waals surface area contributed by atoms with Gasteiger partial charge in [0.15, 0.2) is 0 Å². The van der Waals surface area contributed by atoms with Crippen molar-refractivity contribution in [1.29, 1.82) is 0 Å². The van der Waals surface area contributed by atoms with Crippen molar-refractivity contribution in [3.8, 4) is 0 Å². The van der Waals surface area contributed by atoms with E-state index < -0.39 is 5.41 Å². The van der Waals surface area contributed by atoms with Crippen LogP contribution in [0.5, 0.6) is 0 Å². The van der Waals surface area contributed by atoms with E-state index in [4.69, 9.17) is 10.6 Å². The van der Waals surface area contributed by atoms with E-state index in [9.17, 15) is 4.79 Å². The van der Waals surface area contributed by atoms with Gasteiger partial charge in [0, 0.05) is 6.54 Å². The Morgan fingerprint density at radius 1 is 1.67 bits per heavy atom. The fraction of sp³-hybridized carbons (Fsp3) is 0.857. The first-order valence-corrected chi connectivity index (χ1v) is 3.78. The molecule has 1 atom stereocenters. The number of nitrogens with two attached hydrogens (primary N) is 1. The summed E-state index contributed by atoms with van der Waals surface area (Å²) >= 11 is 0.